The molecule has 0 fully saturated rings. The van der Waals surface area contributed by atoms with Gasteiger partial charge in [-0.3, -0.25) is 4.79 Å². The first-order valence-electron chi connectivity index (χ1n) is 7.32. The highest BCUT2D eigenvalue weighted by molar-refractivity contribution is 5.78. The number of cyclic esters (lactones) is 1. The fourth-order valence-electron chi connectivity index (χ4n) is 2.67. The van der Waals surface area contributed by atoms with Gasteiger partial charge in [0.15, 0.2) is 0 Å². The normalized spacial score (nSPS) is 18.8. The van der Waals surface area contributed by atoms with Gasteiger partial charge in [0, 0.05) is 17.8 Å². The third-order valence-corrected chi connectivity index (χ3v) is 3.51. The molecule has 3 rings (SSSR count). The van der Waals surface area contributed by atoms with Crippen molar-refractivity contribution in [2.45, 2.75) is 52.9 Å². The number of carbonyl (C=O) groups is 1. The van der Waals surface area contributed by atoms with Crippen LogP contribution in [-0.2, 0) is 33.8 Å². The van der Waals surface area contributed by atoms with Crippen molar-refractivity contribution in [3.8, 4) is 0 Å². The Kier molecular flexibility index (Phi) is 4.50. The summed E-state index contributed by atoms with van der Waals surface area (Å²) >= 11 is 0. The minimum Gasteiger partial charge on any atom is -0.479 e. The summed E-state index contributed by atoms with van der Waals surface area (Å²) in [5, 5.41) is 0. The summed E-state index contributed by atoms with van der Waals surface area (Å²) in [5.41, 5.74) is 2.07. The fourth-order valence-corrected chi connectivity index (χ4v) is 2.67. The molecule has 5 heteroatoms. The van der Waals surface area contributed by atoms with Crippen molar-refractivity contribution in [1.82, 2.24) is 4.57 Å². The van der Waals surface area contributed by atoms with Gasteiger partial charge >= 0.3 is 5.97 Å². The fraction of sp³-hybridized carbons (Fsp3) is 0.500. The second-order valence-electron chi connectivity index (χ2n) is 4.94. The maximum absolute atomic E-state index is 12.3. The van der Waals surface area contributed by atoms with E-state index in [0.717, 1.165) is 25.1 Å². The van der Waals surface area contributed by atoms with Crippen molar-refractivity contribution in [3.05, 3.63) is 45.6 Å². The lowest BCUT2D eigenvalue weighted by molar-refractivity contribution is -0.159. The second-order valence-corrected chi connectivity index (χ2v) is 4.94. The lowest BCUT2D eigenvalue weighted by atomic mass is 10.0. The molecule has 1 aromatic rings. The molecule has 0 spiro atoms. The van der Waals surface area contributed by atoms with Crippen LogP contribution in [0.4, 0.5) is 0 Å². The van der Waals surface area contributed by atoms with Gasteiger partial charge in [0.2, 0.25) is 6.10 Å². The summed E-state index contributed by atoms with van der Waals surface area (Å²) < 4.78 is 12.2. The molecule has 0 aromatic carbocycles. The summed E-state index contributed by atoms with van der Waals surface area (Å²) in [7, 11) is 0. The molecule has 0 aliphatic carbocycles. The molecule has 0 saturated carbocycles. The number of allylic oxidation sites excluding steroid dienone is 1. The summed E-state index contributed by atoms with van der Waals surface area (Å²) in [6.07, 6.45) is 0.955. The number of ether oxygens (including phenoxy) is 2. The minimum atomic E-state index is -0.861. The number of rotatable bonds is 2. The Labute approximate surface area is 124 Å². The monoisotopic (exact) mass is 291 g/mol. The summed E-state index contributed by atoms with van der Waals surface area (Å²) in [6, 6.07) is 1.90. The van der Waals surface area contributed by atoms with Crippen LogP contribution in [0.15, 0.2) is 23.2 Å². The number of pyridine rings is 1. The first-order chi connectivity index (χ1) is 10.1. The zero-order valence-corrected chi connectivity index (χ0v) is 12.8. The minimum absolute atomic E-state index is 0.0311. The number of carbonyl (C=O) groups excluding carboxylic acids is 1. The maximum atomic E-state index is 12.3. The largest absolute Gasteiger partial charge is 0.479 e. The summed E-state index contributed by atoms with van der Waals surface area (Å²) in [4.78, 5) is 24.1. The number of hydrogen-bond donors (Lipinski definition) is 0. The molecule has 2 aliphatic rings. The highest BCUT2D eigenvalue weighted by Crippen LogP contribution is 2.30. The van der Waals surface area contributed by atoms with E-state index in [-0.39, 0.29) is 12.2 Å². The summed E-state index contributed by atoms with van der Waals surface area (Å²) in [6.45, 7) is 10.1. The van der Waals surface area contributed by atoms with Crippen molar-refractivity contribution in [2.75, 3.05) is 0 Å². The quantitative estimate of drug-likeness (QED) is 0.620. The SMILES string of the molecule is C=C(C)OC1C(=O)OCc2c1cc1n(c2=O)CCC1.CC. The zero-order chi connectivity index (χ0) is 15.6. The molecule has 0 saturated heterocycles. The van der Waals surface area contributed by atoms with Crippen LogP contribution in [0.3, 0.4) is 0 Å². The molecule has 3 heterocycles. The van der Waals surface area contributed by atoms with Gasteiger partial charge in [0.25, 0.3) is 5.56 Å². The number of nitrogens with zero attached hydrogens (tertiary/aromatic N) is 1. The average molecular weight is 291 g/mol. The third-order valence-electron chi connectivity index (χ3n) is 3.51. The van der Waals surface area contributed by atoms with E-state index in [4.69, 9.17) is 9.47 Å². The van der Waals surface area contributed by atoms with E-state index in [1.165, 1.54) is 0 Å². The Balaban J connectivity index is 0.000000774. The molecule has 0 amide bonds. The van der Waals surface area contributed by atoms with E-state index >= 15 is 0 Å². The van der Waals surface area contributed by atoms with Crippen molar-refractivity contribution >= 4 is 5.97 Å². The Morgan fingerprint density at radius 3 is 2.81 bits per heavy atom. The van der Waals surface area contributed by atoms with E-state index in [9.17, 15) is 9.59 Å². The van der Waals surface area contributed by atoms with E-state index in [1.54, 1.807) is 11.5 Å². The molecule has 5 nitrogen and oxygen atoms in total. The highest BCUT2D eigenvalue weighted by atomic mass is 16.6. The van der Waals surface area contributed by atoms with E-state index in [2.05, 4.69) is 6.58 Å². The van der Waals surface area contributed by atoms with Crippen LogP contribution >= 0.6 is 0 Å². The van der Waals surface area contributed by atoms with Crippen molar-refractivity contribution < 1.29 is 14.3 Å². The lowest BCUT2D eigenvalue weighted by Crippen LogP contribution is -2.33. The molecule has 114 valence electrons. The smallest absolute Gasteiger partial charge is 0.352 e. The van der Waals surface area contributed by atoms with Gasteiger partial charge in [-0.25, -0.2) is 4.79 Å². The summed E-state index contributed by atoms with van der Waals surface area (Å²) in [5.74, 6) is -0.0340. The predicted octanol–water partition coefficient (Wildman–Crippen LogP) is 2.47. The van der Waals surface area contributed by atoms with Gasteiger partial charge < -0.3 is 14.0 Å². The van der Waals surface area contributed by atoms with Crippen LogP contribution in [0.1, 0.15) is 50.1 Å². The van der Waals surface area contributed by atoms with Crippen molar-refractivity contribution in [2.24, 2.45) is 0 Å². The molecule has 0 radical (unpaired) electrons. The van der Waals surface area contributed by atoms with E-state index in [0.29, 0.717) is 16.9 Å². The Bertz CT molecular complexity index is 630. The van der Waals surface area contributed by atoms with Crippen LogP contribution in [-0.4, -0.2) is 10.5 Å². The molecule has 0 bridgehead atoms. The molecule has 1 unspecified atom stereocenters. The predicted molar refractivity (Wildman–Crippen MR) is 78.8 cm³/mol. The lowest BCUT2D eigenvalue weighted by Gasteiger charge is -2.25. The number of fused-ring (bicyclic) bond motifs is 2. The highest BCUT2D eigenvalue weighted by Gasteiger charge is 2.34. The van der Waals surface area contributed by atoms with Gasteiger partial charge in [0.1, 0.15) is 6.61 Å². The van der Waals surface area contributed by atoms with Crippen LogP contribution < -0.4 is 5.56 Å². The van der Waals surface area contributed by atoms with Crippen LogP contribution in [0.25, 0.3) is 0 Å². The van der Waals surface area contributed by atoms with Crippen molar-refractivity contribution in [3.63, 3.8) is 0 Å². The maximum Gasteiger partial charge on any atom is 0.352 e. The molecule has 1 atom stereocenters. The van der Waals surface area contributed by atoms with Gasteiger partial charge in [-0.15, -0.1) is 0 Å². The number of hydrogen-bond acceptors (Lipinski definition) is 4. The zero-order valence-electron chi connectivity index (χ0n) is 12.8. The topological polar surface area (TPSA) is 57.5 Å². The van der Waals surface area contributed by atoms with Crippen LogP contribution in [0, 0.1) is 0 Å². The standard InChI is InChI=1S/C14H15NO4.C2H6/c1-8(2)19-12-10-6-9-4-3-5-15(9)13(16)11(10)7-18-14(12)17;1-2/h6,12H,1,3-5,7H2,2H3;1-2H3. The third kappa shape index (κ3) is 2.73. The first-order valence-corrected chi connectivity index (χ1v) is 7.32. The number of aromatic nitrogens is 1. The van der Waals surface area contributed by atoms with Gasteiger partial charge in [-0.1, -0.05) is 20.4 Å². The van der Waals surface area contributed by atoms with Gasteiger partial charge in [0.05, 0.1) is 11.3 Å². The molecule has 0 N–H and O–H groups in total. The van der Waals surface area contributed by atoms with Crippen LogP contribution in [0.5, 0.6) is 0 Å². The molecule has 1 aromatic heterocycles. The van der Waals surface area contributed by atoms with E-state index in [1.807, 2.05) is 19.9 Å². The number of aryl methyl sites for hydroxylation is 1. The Morgan fingerprint density at radius 2 is 2.14 bits per heavy atom. The number of esters is 1. The molecule has 21 heavy (non-hydrogen) atoms. The first kappa shape index (κ1) is 15.4. The van der Waals surface area contributed by atoms with Gasteiger partial charge in [-0.2, -0.15) is 0 Å². The average Bonchev–Trinajstić information content (AvgIpc) is 2.93. The Hall–Kier alpha value is -2.04. The van der Waals surface area contributed by atoms with E-state index < -0.39 is 12.1 Å². The Morgan fingerprint density at radius 1 is 1.43 bits per heavy atom. The molecule has 2 aliphatic heterocycles. The molecular formula is C16H21NO4. The van der Waals surface area contributed by atoms with Crippen molar-refractivity contribution in [1.29, 1.82) is 0 Å². The van der Waals surface area contributed by atoms with Gasteiger partial charge in [-0.05, 0) is 25.8 Å². The second kappa shape index (κ2) is 6.16. The van der Waals surface area contributed by atoms with Crippen LogP contribution in [0.2, 0.25) is 0 Å². The molecular weight excluding hydrogens is 270 g/mol.